The molecule has 0 unspecified atom stereocenters. The van der Waals surface area contributed by atoms with E-state index in [2.05, 4.69) is 46.9 Å². The Morgan fingerprint density at radius 2 is 1.82 bits per heavy atom. The third-order valence-corrected chi connectivity index (χ3v) is 9.11. The number of hydrogen-bond acceptors (Lipinski definition) is 10. The summed E-state index contributed by atoms with van der Waals surface area (Å²) in [7, 11) is 0. The fraction of sp³-hybridized carbons (Fsp3) is 0.657. The van der Waals surface area contributed by atoms with Crippen LogP contribution in [0.1, 0.15) is 84.6 Å². The fourth-order valence-corrected chi connectivity index (χ4v) is 6.15. The molecule has 10 heteroatoms. The third kappa shape index (κ3) is 8.93. The lowest BCUT2D eigenvalue weighted by molar-refractivity contribution is -0.172. The number of carbonyl (C=O) groups excluding carboxylic acids is 1. The van der Waals surface area contributed by atoms with Gasteiger partial charge >= 0.3 is 5.97 Å². The Bertz CT molecular complexity index is 1350. The number of aromatic nitrogens is 2. The van der Waals surface area contributed by atoms with Gasteiger partial charge in [-0.1, -0.05) is 6.07 Å². The van der Waals surface area contributed by atoms with E-state index < -0.39 is 16.6 Å². The number of nitriles is 1. The number of hydrogen-bond donors (Lipinski definition) is 3. The second-order valence-electron chi connectivity index (χ2n) is 14.2. The highest BCUT2D eigenvalue weighted by Gasteiger charge is 2.54. The summed E-state index contributed by atoms with van der Waals surface area (Å²) in [4.78, 5) is 22.1. The van der Waals surface area contributed by atoms with E-state index in [1.54, 1.807) is 0 Å². The first-order valence-electron chi connectivity index (χ1n) is 16.6. The van der Waals surface area contributed by atoms with Crippen LogP contribution < -0.4 is 16.0 Å². The molecule has 0 spiro atoms. The van der Waals surface area contributed by atoms with Crippen molar-refractivity contribution in [3.8, 4) is 17.3 Å². The molecule has 2 aromatic heterocycles. The molecule has 1 aliphatic heterocycles. The average Bonchev–Trinajstić information content (AvgIpc) is 3.82. The molecule has 10 nitrogen and oxygen atoms in total. The lowest BCUT2D eigenvalue weighted by Crippen LogP contribution is -2.44. The number of ether oxygens (including phenoxy) is 3. The van der Waals surface area contributed by atoms with Gasteiger partial charge in [0.15, 0.2) is 5.60 Å². The molecule has 2 aliphatic carbocycles. The summed E-state index contributed by atoms with van der Waals surface area (Å²) in [5.74, 6) is 1.39. The van der Waals surface area contributed by atoms with Crippen LogP contribution in [0.4, 0.5) is 11.6 Å². The Morgan fingerprint density at radius 1 is 1.11 bits per heavy atom. The SMILES string of the molecule is Cc1cnc(NC2CCC(N[C@@H](C)COC3(C(=O)OC(C)(C)C)CC3)CC2)cc1-c1cccc(NCC2(C#N)CCOCC2)n1. The number of pyridine rings is 2. The highest BCUT2D eigenvalue weighted by molar-refractivity contribution is 5.83. The number of nitrogens with zero attached hydrogens (tertiary/aromatic N) is 3. The predicted octanol–water partition coefficient (Wildman–Crippen LogP) is 5.78. The third-order valence-electron chi connectivity index (χ3n) is 9.11. The van der Waals surface area contributed by atoms with E-state index in [1.807, 2.05) is 45.2 Å². The first kappa shape index (κ1) is 33.1. The van der Waals surface area contributed by atoms with Crippen LogP contribution >= 0.6 is 0 Å². The summed E-state index contributed by atoms with van der Waals surface area (Å²) >= 11 is 0. The van der Waals surface area contributed by atoms with Gasteiger partial charge in [0.05, 0.1) is 23.8 Å². The second-order valence-corrected chi connectivity index (χ2v) is 14.2. The minimum absolute atomic E-state index is 0.153. The molecule has 1 saturated heterocycles. The Hall–Kier alpha value is -3.26. The molecule has 45 heavy (non-hydrogen) atoms. The summed E-state index contributed by atoms with van der Waals surface area (Å²) in [5.41, 5.74) is 1.32. The van der Waals surface area contributed by atoms with Crippen molar-refractivity contribution in [3.63, 3.8) is 0 Å². The highest BCUT2D eigenvalue weighted by atomic mass is 16.6. The summed E-state index contributed by atoms with van der Waals surface area (Å²) in [6.07, 6.45) is 9.04. The minimum atomic E-state index is -0.747. The van der Waals surface area contributed by atoms with Crippen molar-refractivity contribution in [1.29, 1.82) is 5.26 Å². The average molecular weight is 619 g/mol. The van der Waals surface area contributed by atoms with Gasteiger partial charge in [-0.3, -0.25) is 0 Å². The molecule has 3 N–H and O–H groups in total. The Kier molecular flexibility index (Phi) is 10.3. The number of rotatable bonds is 12. The number of nitrogens with one attached hydrogen (secondary N) is 3. The van der Waals surface area contributed by atoms with E-state index >= 15 is 0 Å². The first-order chi connectivity index (χ1) is 21.5. The van der Waals surface area contributed by atoms with Gasteiger partial charge < -0.3 is 30.2 Å². The van der Waals surface area contributed by atoms with Crippen LogP contribution in [0.2, 0.25) is 0 Å². The topological polar surface area (TPSA) is 130 Å². The standard InChI is InChI=1S/C35H50N6O4/c1-24-20-37-31(19-28(24)29-7-6-8-30(41-29)38-23-34(22-36)15-17-43-18-16-34)40-27-11-9-26(10-12-27)39-25(2)21-44-35(13-14-35)32(42)45-33(3,4)5/h6-8,19-20,25-27,39H,9-18,21,23H2,1-5H3,(H,37,40)(H,38,41)/t25-,26?,27?/m0/s1. The predicted molar refractivity (Wildman–Crippen MR) is 175 cm³/mol. The molecule has 5 rings (SSSR count). The molecule has 0 radical (unpaired) electrons. The zero-order chi connectivity index (χ0) is 32.1. The van der Waals surface area contributed by atoms with Gasteiger partial charge in [-0.25, -0.2) is 14.8 Å². The molecule has 3 aliphatic rings. The van der Waals surface area contributed by atoms with Crippen molar-refractivity contribution in [2.75, 3.05) is 37.0 Å². The molecule has 3 heterocycles. The van der Waals surface area contributed by atoms with Crippen molar-refractivity contribution in [3.05, 3.63) is 36.0 Å². The second kappa shape index (κ2) is 14.0. The highest BCUT2D eigenvalue weighted by Crippen LogP contribution is 2.42. The molecule has 244 valence electrons. The van der Waals surface area contributed by atoms with Crippen LogP contribution in [0.15, 0.2) is 30.5 Å². The smallest absolute Gasteiger partial charge is 0.338 e. The van der Waals surface area contributed by atoms with Crippen LogP contribution in [0.3, 0.4) is 0 Å². The maximum absolute atomic E-state index is 12.6. The van der Waals surface area contributed by atoms with E-state index in [0.717, 1.165) is 79.8 Å². The number of aryl methyl sites for hydroxylation is 1. The van der Waals surface area contributed by atoms with E-state index in [9.17, 15) is 10.1 Å². The van der Waals surface area contributed by atoms with Crippen molar-refractivity contribution in [2.24, 2.45) is 5.41 Å². The Balaban J connectivity index is 1.10. The quantitative estimate of drug-likeness (QED) is 0.252. The van der Waals surface area contributed by atoms with E-state index in [-0.39, 0.29) is 12.0 Å². The molecule has 0 amide bonds. The summed E-state index contributed by atoms with van der Waals surface area (Å²) < 4.78 is 17.1. The van der Waals surface area contributed by atoms with Crippen molar-refractivity contribution >= 4 is 17.6 Å². The molecule has 0 aromatic carbocycles. The lowest BCUT2D eigenvalue weighted by atomic mass is 9.82. The molecule has 0 bridgehead atoms. The van der Waals surface area contributed by atoms with E-state index in [1.165, 1.54) is 0 Å². The van der Waals surface area contributed by atoms with Crippen molar-refractivity contribution in [1.82, 2.24) is 15.3 Å². The Morgan fingerprint density at radius 3 is 2.49 bits per heavy atom. The van der Waals surface area contributed by atoms with Gasteiger partial charge in [-0.05, 0) is 110 Å². The monoisotopic (exact) mass is 618 g/mol. The van der Waals surface area contributed by atoms with Crippen LogP contribution in [-0.2, 0) is 19.0 Å². The maximum Gasteiger partial charge on any atom is 0.338 e. The molecule has 3 fully saturated rings. The van der Waals surface area contributed by atoms with Gasteiger partial charge in [0, 0.05) is 49.6 Å². The fourth-order valence-electron chi connectivity index (χ4n) is 6.15. The normalized spacial score (nSPS) is 22.9. The number of esters is 1. The summed E-state index contributed by atoms with van der Waals surface area (Å²) in [6, 6.07) is 11.5. The largest absolute Gasteiger partial charge is 0.458 e. The zero-order valence-electron chi connectivity index (χ0n) is 27.6. The van der Waals surface area contributed by atoms with Crippen LogP contribution in [-0.4, -0.2) is 71.6 Å². The van der Waals surface area contributed by atoms with E-state index in [4.69, 9.17) is 19.2 Å². The molecule has 1 atom stereocenters. The minimum Gasteiger partial charge on any atom is -0.458 e. The summed E-state index contributed by atoms with van der Waals surface area (Å²) in [6.45, 7) is 12.1. The Labute approximate surface area is 268 Å². The van der Waals surface area contributed by atoms with Crippen molar-refractivity contribution in [2.45, 2.75) is 115 Å². The van der Waals surface area contributed by atoms with Gasteiger partial charge in [0.1, 0.15) is 17.2 Å². The molecule has 2 saturated carbocycles. The van der Waals surface area contributed by atoms with E-state index in [0.29, 0.717) is 38.4 Å². The zero-order valence-corrected chi connectivity index (χ0v) is 27.6. The van der Waals surface area contributed by atoms with Crippen LogP contribution in [0.25, 0.3) is 11.3 Å². The maximum atomic E-state index is 12.6. The van der Waals surface area contributed by atoms with Gasteiger partial charge in [-0.2, -0.15) is 5.26 Å². The molecular formula is C35H50N6O4. The summed E-state index contributed by atoms with van der Waals surface area (Å²) in [5, 5.41) is 20.6. The van der Waals surface area contributed by atoms with Crippen LogP contribution in [0.5, 0.6) is 0 Å². The lowest BCUT2D eigenvalue weighted by Gasteiger charge is -2.32. The number of anilines is 2. The van der Waals surface area contributed by atoms with Crippen LogP contribution in [0, 0.1) is 23.7 Å². The first-order valence-corrected chi connectivity index (χ1v) is 16.6. The van der Waals surface area contributed by atoms with Gasteiger partial charge in [0.25, 0.3) is 0 Å². The van der Waals surface area contributed by atoms with Gasteiger partial charge in [0.2, 0.25) is 0 Å². The molecular weight excluding hydrogens is 568 g/mol. The number of carbonyl (C=O) groups is 1. The van der Waals surface area contributed by atoms with Crippen molar-refractivity contribution < 1.29 is 19.0 Å². The molecule has 2 aromatic rings. The van der Waals surface area contributed by atoms with Gasteiger partial charge in [-0.15, -0.1) is 0 Å².